The molecular weight excluding hydrogens is 242 g/mol. The quantitative estimate of drug-likeness (QED) is 0.879. The summed E-state index contributed by atoms with van der Waals surface area (Å²) >= 11 is 0. The number of nitrogens with zero attached hydrogens (tertiary/aromatic N) is 2. The third-order valence-corrected chi connectivity index (χ3v) is 2.84. The first-order valence-corrected chi connectivity index (χ1v) is 5.92. The van der Waals surface area contributed by atoms with E-state index in [9.17, 15) is 4.79 Å². The average molecular weight is 257 g/mol. The minimum atomic E-state index is -0.923. The van der Waals surface area contributed by atoms with Gasteiger partial charge >= 0.3 is 5.97 Å². The van der Waals surface area contributed by atoms with Crippen LogP contribution >= 0.6 is 0 Å². The highest BCUT2D eigenvalue weighted by Crippen LogP contribution is 2.10. The second-order valence-electron chi connectivity index (χ2n) is 4.29. The molecule has 0 aliphatic heterocycles. The Morgan fingerprint density at radius 3 is 2.79 bits per heavy atom. The van der Waals surface area contributed by atoms with Gasteiger partial charge in [0.1, 0.15) is 5.82 Å². The second-order valence-corrected chi connectivity index (χ2v) is 4.29. The molecule has 2 rings (SSSR count). The van der Waals surface area contributed by atoms with Crippen molar-refractivity contribution in [2.24, 2.45) is 0 Å². The van der Waals surface area contributed by atoms with Gasteiger partial charge in [-0.25, -0.2) is 9.78 Å². The third kappa shape index (κ3) is 3.28. The van der Waals surface area contributed by atoms with Crippen LogP contribution in [0.4, 0.5) is 5.82 Å². The highest BCUT2D eigenvalue weighted by molar-refractivity contribution is 5.87. The van der Waals surface area contributed by atoms with Crippen LogP contribution in [0.25, 0.3) is 0 Å². The fraction of sp³-hybridized carbons (Fsp3) is 0.214. The Bertz CT molecular complexity index is 611. The summed E-state index contributed by atoms with van der Waals surface area (Å²) in [7, 11) is 0. The smallest absolute Gasteiger partial charge is 0.335 e. The molecule has 1 heterocycles. The number of rotatable bonds is 4. The highest BCUT2D eigenvalue weighted by Gasteiger charge is 2.04. The minimum absolute atomic E-state index is 0.283. The van der Waals surface area contributed by atoms with Crippen molar-refractivity contribution in [1.82, 2.24) is 9.97 Å². The number of carbonyl (C=O) groups is 1. The predicted octanol–water partition coefficient (Wildman–Crippen LogP) is 2.40. The molecule has 0 aliphatic carbocycles. The van der Waals surface area contributed by atoms with E-state index >= 15 is 0 Å². The summed E-state index contributed by atoms with van der Waals surface area (Å²) in [5, 5.41) is 12.0. The van der Waals surface area contributed by atoms with Gasteiger partial charge in [-0.3, -0.25) is 4.98 Å². The van der Waals surface area contributed by atoms with Gasteiger partial charge in [0.05, 0.1) is 23.1 Å². The molecular formula is C14H15N3O2. The second kappa shape index (κ2) is 5.48. The van der Waals surface area contributed by atoms with Crippen molar-refractivity contribution in [3.63, 3.8) is 0 Å². The van der Waals surface area contributed by atoms with Crippen molar-refractivity contribution in [2.75, 3.05) is 5.32 Å². The van der Waals surface area contributed by atoms with Gasteiger partial charge in [0.25, 0.3) is 0 Å². The van der Waals surface area contributed by atoms with Crippen LogP contribution < -0.4 is 5.32 Å². The lowest BCUT2D eigenvalue weighted by Crippen LogP contribution is -2.05. The van der Waals surface area contributed by atoms with Gasteiger partial charge in [0.2, 0.25) is 0 Å². The molecule has 19 heavy (non-hydrogen) atoms. The summed E-state index contributed by atoms with van der Waals surface area (Å²) in [6, 6.07) is 6.81. The molecule has 2 N–H and O–H groups in total. The molecule has 0 saturated heterocycles. The number of aryl methyl sites for hydroxylation is 2. The standard InChI is InChI=1S/C14H15N3O2/c1-9-10(2)17-13(8-15-9)16-7-11-4-3-5-12(6-11)14(18)19/h3-6,8H,7H2,1-2H3,(H,16,17)(H,18,19). The van der Waals surface area contributed by atoms with E-state index < -0.39 is 5.97 Å². The van der Waals surface area contributed by atoms with Gasteiger partial charge in [0.15, 0.2) is 0 Å². The molecule has 2 aromatic rings. The molecule has 0 saturated carbocycles. The topological polar surface area (TPSA) is 75.1 Å². The fourth-order valence-electron chi connectivity index (χ4n) is 1.63. The number of aromatic nitrogens is 2. The molecule has 0 unspecified atom stereocenters. The van der Waals surface area contributed by atoms with Crippen LogP contribution in [0.3, 0.4) is 0 Å². The molecule has 5 heteroatoms. The van der Waals surface area contributed by atoms with Crippen LogP contribution in [0.15, 0.2) is 30.5 Å². The van der Waals surface area contributed by atoms with Crippen molar-refractivity contribution in [2.45, 2.75) is 20.4 Å². The Labute approximate surface area is 111 Å². The van der Waals surface area contributed by atoms with Crippen LogP contribution in [0.2, 0.25) is 0 Å². The SMILES string of the molecule is Cc1ncc(NCc2cccc(C(=O)O)c2)nc1C. The zero-order valence-corrected chi connectivity index (χ0v) is 10.8. The van der Waals surface area contributed by atoms with Crippen molar-refractivity contribution in [3.8, 4) is 0 Å². The molecule has 0 amide bonds. The first-order valence-electron chi connectivity index (χ1n) is 5.92. The first kappa shape index (κ1) is 13.0. The zero-order valence-electron chi connectivity index (χ0n) is 10.8. The lowest BCUT2D eigenvalue weighted by Gasteiger charge is -2.07. The van der Waals surface area contributed by atoms with E-state index in [1.807, 2.05) is 19.9 Å². The number of aromatic carboxylic acids is 1. The summed E-state index contributed by atoms with van der Waals surface area (Å²) < 4.78 is 0. The molecule has 1 aromatic carbocycles. The summed E-state index contributed by atoms with van der Waals surface area (Å²) in [5.41, 5.74) is 2.95. The van der Waals surface area contributed by atoms with E-state index in [0.717, 1.165) is 17.0 Å². The van der Waals surface area contributed by atoms with Crippen LogP contribution in [-0.2, 0) is 6.54 Å². The van der Waals surface area contributed by atoms with Crippen LogP contribution in [0.5, 0.6) is 0 Å². The van der Waals surface area contributed by atoms with Gasteiger partial charge in [-0.2, -0.15) is 0 Å². The van der Waals surface area contributed by atoms with E-state index in [1.54, 1.807) is 24.4 Å². The summed E-state index contributed by atoms with van der Waals surface area (Å²) in [6.07, 6.45) is 1.67. The number of carboxylic acid groups (broad SMARTS) is 1. The number of nitrogens with one attached hydrogen (secondary N) is 1. The minimum Gasteiger partial charge on any atom is -0.478 e. The third-order valence-electron chi connectivity index (χ3n) is 2.84. The number of hydrogen-bond acceptors (Lipinski definition) is 4. The Balaban J connectivity index is 2.07. The van der Waals surface area contributed by atoms with Crippen molar-refractivity contribution < 1.29 is 9.90 Å². The number of benzene rings is 1. The van der Waals surface area contributed by atoms with E-state index in [0.29, 0.717) is 12.4 Å². The Kier molecular flexibility index (Phi) is 3.75. The molecule has 5 nitrogen and oxygen atoms in total. The molecule has 0 spiro atoms. The van der Waals surface area contributed by atoms with E-state index in [2.05, 4.69) is 15.3 Å². The van der Waals surface area contributed by atoms with Gasteiger partial charge in [-0.15, -0.1) is 0 Å². The molecule has 0 fully saturated rings. The average Bonchev–Trinajstić information content (AvgIpc) is 2.40. The monoisotopic (exact) mass is 257 g/mol. The highest BCUT2D eigenvalue weighted by atomic mass is 16.4. The molecule has 0 bridgehead atoms. The van der Waals surface area contributed by atoms with Gasteiger partial charge in [0, 0.05) is 6.54 Å². The molecule has 0 aliphatic rings. The summed E-state index contributed by atoms with van der Waals surface area (Å²) in [4.78, 5) is 19.4. The number of anilines is 1. The van der Waals surface area contributed by atoms with Crippen LogP contribution in [0, 0.1) is 13.8 Å². The molecule has 98 valence electrons. The van der Waals surface area contributed by atoms with Gasteiger partial charge in [-0.05, 0) is 31.5 Å². The van der Waals surface area contributed by atoms with Crippen LogP contribution in [-0.4, -0.2) is 21.0 Å². The van der Waals surface area contributed by atoms with E-state index in [4.69, 9.17) is 5.11 Å². The van der Waals surface area contributed by atoms with Crippen molar-refractivity contribution in [1.29, 1.82) is 0 Å². The van der Waals surface area contributed by atoms with E-state index in [-0.39, 0.29) is 5.56 Å². The lowest BCUT2D eigenvalue weighted by atomic mass is 10.1. The molecule has 0 atom stereocenters. The normalized spacial score (nSPS) is 10.2. The Hall–Kier alpha value is -2.43. The van der Waals surface area contributed by atoms with Crippen molar-refractivity contribution in [3.05, 3.63) is 53.0 Å². The maximum absolute atomic E-state index is 10.9. The Morgan fingerprint density at radius 1 is 1.32 bits per heavy atom. The molecule has 0 radical (unpaired) electrons. The van der Waals surface area contributed by atoms with Gasteiger partial charge in [-0.1, -0.05) is 12.1 Å². The Morgan fingerprint density at radius 2 is 2.11 bits per heavy atom. The fourth-order valence-corrected chi connectivity index (χ4v) is 1.63. The number of carboxylic acids is 1. The zero-order chi connectivity index (χ0) is 13.8. The maximum atomic E-state index is 10.9. The molecule has 1 aromatic heterocycles. The largest absolute Gasteiger partial charge is 0.478 e. The summed E-state index contributed by atoms with van der Waals surface area (Å²) in [5.74, 6) is -0.239. The van der Waals surface area contributed by atoms with Gasteiger partial charge < -0.3 is 10.4 Å². The first-order chi connectivity index (χ1) is 9.06. The van der Waals surface area contributed by atoms with Crippen molar-refractivity contribution >= 4 is 11.8 Å². The predicted molar refractivity (Wildman–Crippen MR) is 72.2 cm³/mol. The summed E-state index contributed by atoms with van der Waals surface area (Å²) in [6.45, 7) is 4.32. The lowest BCUT2D eigenvalue weighted by molar-refractivity contribution is 0.0697. The maximum Gasteiger partial charge on any atom is 0.335 e. The number of hydrogen-bond donors (Lipinski definition) is 2. The van der Waals surface area contributed by atoms with Crippen LogP contribution in [0.1, 0.15) is 27.3 Å². The van der Waals surface area contributed by atoms with E-state index in [1.165, 1.54) is 0 Å².